The van der Waals surface area contributed by atoms with Crippen LogP contribution in [0.5, 0.6) is 0 Å². The van der Waals surface area contributed by atoms with E-state index in [1.54, 1.807) is 36.4 Å². The molecule has 7 heteroatoms. The molecule has 0 saturated carbocycles. The molecule has 0 fully saturated rings. The van der Waals surface area contributed by atoms with Crippen molar-refractivity contribution in [3.05, 3.63) is 59.2 Å². The van der Waals surface area contributed by atoms with E-state index in [1.165, 1.54) is 12.1 Å². The Bertz CT molecular complexity index is 979. The molecule has 0 bridgehead atoms. The molecule has 1 heterocycles. The molecule has 22 heavy (non-hydrogen) atoms. The van der Waals surface area contributed by atoms with Crippen LogP contribution in [0.2, 0.25) is 5.02 Å². The minimum absolute atomic E-state index is 0.0679. The number of primary amides is 1. The maximum atomic E-state index is 12.9. The number of hydrogen-bond acceptors (Lipinski definition) is 3. The zero-order valence-corrected chi connectivity index (χ0v) is 12.8. The second kappa shape index (κ2) is 5.15. The van der Waals surface area contributed by atoms with Gasteiger partial charge in [0.05, 0.1) is 9.92 Å². The molecule has 0 unspecified atom stereocenters. The molecule has 1 amide bonds. The van der Waals surface area contributed by atoms with Crippen LogP contribution < -0.4 is 5.73 Å². The molecule has 112 valence electrons. The summed E-state index contributed by atoms with van der Waals surface area (Å²) >= 11 is 6.14. The number of benzene rings is 2. The van der Waals surface area contributed by atoms with Gasteiger partial charge in [0.2, 0.25) is 9.84 Å². The summed E-state index contributed by atoms with van der Waals surface area (Å²) in [5.74, 6) is -0.859. The van der Waals surface area contributed by atoms with Crippen LogP contribution in [0.15, 0.2) is 58.3 Å². The molecule has 1 aromatic heterocycles. The predicted octanol–water partition coefficient (Wildman–Crippen LogP) is 2.75. The van der Waals surface area contributed by atoms with Gasteiger partial charge in [0, 0.05) is 10.9 Å². The maximum absolute atomic E-state index is 12.9. The number of H-pyrrole nitrogens is 1. The number of sulfone groups is 1. The highest BCUT2D eigenvalue weighted by atomic mass is 35.5. The van der Waals surface area contributed by atoms with Gasteiger partial charge in [-0.2, -0.15) is 0 Å². The second-order valence-electron chi connectivity index (χ2n) is 4.67. The Kier molecular flexibility index (Phi) is 3.42. The van der Waals surface area contributed by atoms with Gasteiger partial charge in [0.15, 0.2) is 0 Å². The number of nitrogens with two attached hydrogens (primary N) is 1. The molecule has 0 atom stereocenters. The first kappa shape index (κ1) is 14.6. The van der Waals surface area contributed by atoms with Crippen molar-refractivity contribution in [1.29, 1.82) is 0 Å². The SMILES string of the molecule is NC(=O)c1[nH]c2cccc(Cl)c2c1S(=O)(=O)c1ccccc1. The summed E-state index contributed by atoms with van der Waals surface area (Å²) in [6.07, 6.45) is 0. The van der Waals surface area contributed by atoms with Crippen molar-refractivity contribution in [3.63, 3.8) is 0 Å². The van der Waals surface area contributed by atoms with Gasteiger partial charge in [0.1, 0.15) is 10.6 Å². The molecule has 0 saturated heterocycles. The first-order chi connectivity index (χ1) is 10.4. The fraction of sp³-hybridized carbons (Fsp3) is 0. The van der Waals surface area contributed by atoms with Gasteiger partial charge in [-0.3, -0.25) is 4.79 Å². The van der Waals surface area contributed by atoms with Crippen LogP contribution in [0.3, 0.4) is 0 Å². The monoisotopic (exact) mass is 334 g/mol. The number of nitrogens with one attached hydrogen (secondary N) is 1. The van der Waals surface area contributed by atoms with Crippen LogP contribution in [0, 0.1) is 0 Å². The predicted molar refractivity (Wildman–Crippen MR) is 83.7 cm³/mol. The first-order valence-corrected chi connectivity index (χ1v) is 8.19. The van der Waals surface area contributed by atoms with E-state index in [4.69, 9.17) is 17.3 Å². The number of amides is 1. The van der Waals surface area contributed by atoms with E-state index in [9.17, 15) is 13.2 Å². The Morgan fingerprint density at radius 2 is 1.73 bits per heavy atom. The fourth-order valence-corrected chi connectivity index (χ4v) is 4.32. The highest BCUT2D eigenvalue weighted by Gasteiger charge is 2.29. The van der Waals surface area contributed by atoms with Crippen LogP contribution >= 0.6 is 11.6 Å². The summed E-state index contributed by atoms with van der Waals surface area (Å²) < 4.78 is 25.8. The Balaban J connectivity index is 2.44. The van der Waals surface area contributed by atoms with Crippen molar-refractivity contribution in [2.45, 2.75) is 9.79 Å². The minimum atomic E-state index is -3.94. The largest absolute Gasteiger partial charge is 0.364 e. The lowest BCUT2D eigenvalue weighted by Gasteiger charge is -2.06. The van der Waals surface area contributed by atoms with Crippen molar-refractivity contribution in [1.82, 2.24) is 4.98 Å². The molecule has 0 radical (unpaired) electrons. The van der Waals surface area contributed by atoms with E-state index in [0.29, 0.717) is 5.52 Å². The topological polar surface area (TPSA) is 93.0 Å². The Labute approximate surface area is 131 Å². The molecule has 0 spiro atoms. The summed E-state index contributed by atoms with van der Waals surface area (Å²) in [6, 6.07) is 12.7. The molecule has 3 N–H and O–H groups in total. The van der Waals surface area contributed by atoms with Crippen molar-refractivity contribution < 1.29 is 13.2 Å². The number of aromatic amines is 1. The molecule has 2 aromatic carbocycles. The van der Waals surface area contributed by atoms with E-state index >= 15 is 0 Å². The number of aromatic nitrogens is 1. The quantitative estimate of drug-likeness (QED) is 0.771. The van der Waals surface area contributed by atoms with Gasteiger partial charge in [-0.05, 0) is 24.3 Å². The third-order valence-electron chi connectivity index (χ3n) is 3.30. The lowest BCUT2D eigenvalue weighted by molar-refractivity contribution is 0.0993. The third kappa shape index (κ3) is 2.17. The highest BCUT2D eigenvalue weighted by Crippen LogP contribution is 2.35. The van der Waals surface area contributed by atoms with Crippen LogP contribution in [-0.2, 0) is 9.84 Å². The highest BCUT2D eigenvalue weighted by molar-refractivity contribution is 7.91. The van der Waals surface area contributed by atoms with Gasteiger partial charge in [-0.25, -0.2) is 8.42 Å². The summed E-state index contributed by atoms with van der Waals surface area (Å²) in [6.45, 7) is 0. The van der Waals surface area contributed by atoms with E-state index < -0.39 is 15.7 Å². The van der Waals surface area contributed by atoms with E-state index in [2.05, 4.69) is 4.98 Å². The van der Waals surface area contributed by atoms with Crippen LogP contribution in [0.4, 0.5) is 0 Å². The fourth-order valence-electron chi connectivity index (χ4n) is 2.34. The number of fused-ring (bicyclic) bond motifs is 1. The number of halogens is 1. The average Bonchev–Trinajstić information content (AvgIpc) is 2.90. The summed E-state index contributed by atoms with van der Waals surface area (Å²) in [4.78, 5) is 14.3. The second-order valence-corrected chi connectivity index (χ2v) is 6.97. The molecule has 3 aromatic rings. The lowest BCUT2D eigenvalue weighted by atomic mass is 10.2. The summed E-state index contributed by atoms with van der Waals surface area (Å²) in [5, 5.41) is 0.498. The number of hydrogen-bond donors (Lipinski definition) is 2. The molecule has 0 aliphatic carbocycles. The minimum Gasteiger partial charge on any atom is -0.364 e. The number of carbonyl (C=O) groups excluding carboxylic acids is 1. The summed E-state index contributed by atoms with van der Waals surface area (Å²) in [7, 11) is -3.94. The zero-order chi connectivity index (χ0) is 15.9. The van der Waals surface area contributed by atoms with Crippen molar-refractivity contribution in [3.8, 4) is 0 Å². The summed E-state index contributed by atoms with van der Waals surface area (Å²) in [5.41, 5.74) is 5.59. The first-order valence-electron chi connectivity index (χ1n) is 6.33. The smallest absolute Gasteiger partial charge is 0.266 e. The Hall–Kier alpha value is -2.31. The van der Waals surface area contributed by atoms with Crippen LogP contribution in [0.1, 0.15) is 10.5 Å². The van der Waals surface area contributed by atoms with Gasteiger partial charge in [0.25, 0.3) is 5.91 Å². The van der Waals surface area contributed by atoms with Gasteiger partial charge in [-0.1, -0.05) is 35.9 Å². The van der Waals surface area contributed by atoms with Crippen molar-refractivity contribution in [2.24, 2.45) is 5.73 Å². The zero-order valence-electron chi connectivity index (χ0n) is 11.2. The number of carbonyl (C=O) groups is 1. The van der Waals surface area contributed by atoms with E-state index in [-0.39, 0.29) is 25.9 Å². The van der Waals surface area contributed by atoms with E-state index in [1.807, 2.05) is 0 Å². The Morgan fingerprint density at radius 3 is 2.36 bits per heavy atom. The third-order valence-corrected chi connectivity index (χ3v) is 5.45. The molecular weight excluding hydrogens is 324 g/mol. The average molecular weight is 335 g/mol. The Morgan fingerprint density at radius 1 is 1.05 bits per heavy atom. The lowest BCUT2D eigenvalue weighted by Crippen LogP contribution is -2.16. The molecule has 3 rings (SSSR count). The van der Waals surface area contributed by atoms with Gasteiger partial charge < -0.3 is 10.7 Å². The molecule has 0 aliphatic heterocycles. The number of rotatable bonds is 3. The van der Waals surface area contributed by atoms with Gasteiger partial charge >= 0.3 is 0 Å². The molecule has 5 nitrogen and oxygen atoms in total. The van der Waals surface area contributed by atoms with Crippen LogP contribution in [0.25, 0.3) is 10.9 Å². The van der Waals surface area contributed by atoms with E-state index in [0.717, 1.165) is 0 Å². The van der Waals surface area contributed by atoms with Crippen LogP contribution in [-0.4, -0.2) is 19.3 Å². The maximum Gasteiger partial charge on any atom is 0.266 e. The van der Waals surface area contributed by atoms with Gasteiger partial charge in [-0.15, -0.1) is 0 Å². The standard InChI is InChI=1S/C15H11ClN2O3S/c16-10-7-4-8-11-12(10)14(13(18-11)15(17)19)22(20,21)9-5-2-1-3-6-9/h1-8,18H,(H2,17,19). The molecule has 0 aliphatic rings. The normalized spacial score (nSPS) is 11.7. The van der Waals surface area contributed by atoms with Crippen molar-refractivity contribution in [2.75, 3.05) is 0 Å². The molecular formula is C15H11ClN2O3S. The van der Waals surface area contributed by atoms with Crippen molar-refractivity contribution >= 4 is 38.2 Å².